The summed E-state index contributed by atoms with van der Waals surface area (Å²) in [7, 11) is 3.04. The molecule has 176 valence electrons. The highest BCUT2D eigenvalue weighted by Crippen LogP contribution is 2.15. The van der Waals surface area contributed by atoms with E-state index >= 15 is 0 Å². The van der Waals surface area contributed by atoms with Crippen molar-refractivity contribution in [2.45, 2.75) is 6.10 Å². The Bertz CT molecular complexity index is 1090. The number of methoxy groups -OCH3 is 2. The van der Waals surface area contributed by atoms with Gasteiger partial charge in [-0.1, -0.05) is 18.2 Å². The van der Waals surface area contributed by atoms with Gasteiger partial charge in [0.15, 0.2) is 6.10 Å². The van der Waals surface area contributed by atoms with Crippen molar-refractivity contribution in [2.75, 3.05) is 27.4 Å². The summed E-state index contributed by atoms with van der Waals surface area (Å²) in [6.07, 6.45) is -1.02. The molecule has 0 radical (unpaired) electrons. The first-order valence-corrected chi connectivity index (χ1v) is 10.4. The van der Waals surface area contributed by atoms with Crippen molar-refractivity contribution in [1.82, 2.24) is 0 Å². The second kappa shape index (κ2) is 12.1. The molecule has 0 N–H and O–H groups in total. The number of carbonyl (C=O) groups is 3. The minimum atomic E-state index is -1.02. The number of benzene rings is 3. The van der Waals surface area contributed by atoms with Gasteiger partial charge in [-0.05, 0) is 60.7 Å². The SMILES string of the molecule is COc1ccc(C(=O)OCC(COC(=O)c2ccccc2)OC(=O)c2ccc(OC)cc2)cc1. The average Bonchev–Trinajstić information content (AvgIpc) is 2.90. The molecule has 1 atom stereocenters. The predicted molar refractivity (Wildman–Crippen MR) is 122 cm³/mol. The summed E-state index contributed by atoms with van der Waals surface area (Å²) < 4.78 is 26.2. The van der Waals surface area contributed by atoms with Gasteiger partial charge in [0.1, 0.15) is 24.7 Å². The number of carbonyl (C=O) groups excluding carboxylic acids is 3. The van der Waals surface area contributed by atoms with E-state index in [-0.39, 0.29) is 18.8 Å². The van der Waals surface area contributed by atoms with Gasteiger partial charge in [-0.3, -0.25) is 0 Å². The molecule has 0 amide bonds. The molecule has 0 aromatic heterocycles. The molecule has 0 saturated heterocycles. The summed E-state index contributed by atoms with van der Waals surface area (Å²) in [6, 6.07) is 21.0. The zero-order chi connectivity index (χ0) is 24.3. The number of rotatable bonds is 10. The van der Waals surface area contributed by atoms with Crippen LogP contribution < -0.4 is 9.47 Å². The van der Waals surface area contributed by atoms with Crippen LogP contribution in [0.5, 0.6) is 11.5 Å². The van der Waals surface area contributed by atoms with Gasteiger partial charge in [-0.15, -0.1) is 0 Å². The van der Waals surface area contributed by atoms with E-state index in [1.54, 1.807) is 66.7 Å². The summed E-state index contributed by atoms with van der Waals surface area (Å²) in [5.41, 5.74) is 0.905. The summed E-state index contributed by atoms with van der Waals surface area (Å²) in [6.45, 7) is -0.611. The number of esters is 3. The van der Waals surface area contributed by atoms with Gasteiger partial charge in [0.2, 0.25) is 0 Å². The smallest absolute Gasteiger partial charge is 0.338 e. The van der Waals surface area contributed by atoms with Gasteiger partial charge < -0.3 is 23.7 Å². The van der Waals surface area contributed by atoms with E-state index in [0.29, 0.717) is 22.6 Å². The molecule has 8 heteroatoms. The second-order valence-electron chi connectivity index (χ2n) is 7.05. The van der Waals surface area contributed by atoms with Crippen LogP contribution >= 0.6 is 0 Å². The minimum absolute atomic E-state index is 0.265. The first kappa shape index (κ1) is 24.3. The molecule has 0 spiro atoms. The van der Waals surface area contributed by atoms with Gasteiger partial charge in [-0.25, -0.2) is 14.4 Å². The van der Waals surface area contributed by atoms with E-state index < -0.39 is 24.0 Å². The summed E-state index contributed by atoms with van der Waals surface area (Å²) in [5.74, 6) is -0.701. The Morgan fingerprint density at radius 2 is 1.00 bits per heavy atom. The average molecular weight is 464 g/mol. The highest BCUT2D eigenvalue weighted by atomic mass is 16.6. The molecule has 3 rings (SSSR count). The van der Waals surface area contributed by atoms with Crippen LogP contribution in [0, 0.1) is 0 Å². The van der Waals surface area contributed by atoms with E-state index in [2.05, 4.69) is 0 Å². The van der Waals surface area contributed by atoms with E-state index in [4.69, 9.17) is 23.7 Å². The maximum Gasteiger partial charge on any atom is 0.338 e. The Morgan fingerprint density at radius 3 is 1.44 bits per heavy atom. The Morgan fingerprint density at radius 1 is 0.588 bits per heavy atom. The van der Waals surface area contributed by atoms with Crippen LogP contribution in [-0.4, -0.2) is 51.4 Å². The highest BCUT2D eigenvalue weighted by Gasteiger charge is 2.21. The van der Waals surface area contributed by atoms with Crippen LogP contribution in [0.4, 0.5) is 0 Å². The lowest BCUT2D eigenvalue weighted by Crippen LogP contribution is -2.31. The molecule has 0 aliphatic heterocycles. The van der Waals surface area contributed by atoms with Crippen molar-refractivity contribution in [3.8, 4) is 11.5 Å². The van der Waals surface area contributed by atoms with Crippen molar-refractivity contribution in [3.63, 3.8) is 0 Å². The van der Waals surface area contributed by atoms with E-state index in [9.17, 15) is 14.4 Å². The topological polar surface area (TPSA) is 97.4 Å². The molecule has 3 aromatic carbocycles. The Kier molecular flexibility index (Phi) is 8.62. The fourth-order valence-electron chi connectivity index (χ4n) is 2.87. The third kappa shape index (κ3) is 6.83. The first-order valence-electron chi connectivity index (χ1n) is 10.4. The van der Waals surface area contributed by atoms with Crippen LogP contribution in [0.1, 0.15) is 31.1 Å². The van der Waals surface area contributed by atoms with Crippen LogP contribution in [0.15, 0.2) is 78.9 Å². The van der Waals surface area contributed by atoms with Crippen LogP contribution in [0.25, 0.3) is 0 Å². The van der Waals surface area contributed by atoms with Crippen LogP contribution in [0.2, 0.25) is 0 Å². The lowest BCUT2D eigenvalue weighted by atomic mass is 10.2. The maximum absolute atomic E-state index is 12.6. The third-order valence-corrected chi connectivity index (χ3v) is 4.74. The molecule has 0 fully saturated rings. The molecular weight excluding hydrogens is 440 g/mol. The Balaban J connectivity index is 1.65. The molecule has 0 aliphatic carbocycles. The van der Waals surface area contributed by atoms with Gasteiger partial charge in [0.25, 0.3) is 0 Å². The fourth-order valence-corrected chi connectivity index (χ4v) is 2.87. The molecule has 8 nitrogen and oxygen atoms in total. The van der Waals surface area contributed by atoms with Crippen molar-refractivity contribution in [3.05, 3.63) is 95.6 Å². The van der Waals surface area contributed by atoms with E-state index in [0.717, 1.165) is 0 Å². The molecule has 0 bridgehead atoms. The lowest BCUT2D eigenvalue weighted by molar-refractivity contribution is -0.0253. The number of hydrogen-bond acceptors (Lipinski definition) is 8. The van der Waals surface area contributed by atoms with Gasteiger partial charge in [0.05, 0.1) is 30.9 Å². The minimum Gasteiger partial charge on any atom is -0.497 e. The number of hydrogen-bond donors (Lipinski definition) is 0. The third-order valence-electron chi connectivity index (χ3n) is 4.74. The van der Waals surface area contributed by atoms with E-state index in [1.165, 1.54) is 26.4 Å². The standard InChI is InChI=1S/C26H24O8/c1-30-21-12-8-19(9-13-21)25(28)33-17-23(16-32-24(27)18-6-4-3-5-7-18)34-26(29)20-10-14-22(31-2)15-11-20/h3-15,23H,16-17H2,1-2H3. The van der Waals surface area contributed by atoms with Crippen molar-refractivity contribution >= 4 is 17.9 Å². The largest absolute Gasteiger partial charge is 0.497 e. The quantitative estimate of drug-likeness (QED) is 0.329. The molecule has 1 unspecified atom stereocenters. The zero-order valence-electron chi connectivity index (χ0n) is 18.8. The molecular formula is C26H24O8. The van der Waals surface area contributed by atoms with Crippen LogP contribution in [0.3, 0.4) is 0 Å². The summed E-state index contributed by atoms with van der Waals surface area (Å²) in [5, 5.41) is 0. The Hall–Kier alpha value is -4.33. The maximum atomic E-state index is 12.6. The Labute approximate surface area is 197 Å². The molecule has 0 heterocycles. The monoisotopic (exact) mass is 464 g/mol. The first-order chi connectivity index (χ1) is 16.5. The molecule has 0 aliphatic rings. The van der Waals surface area contributed by atoms with Crippen molar-refractivity contribution in [2.24, 2.45) is 0 Å². The lowest BCUT2D eigenvalue weighted by Gasteiger charge is -2.18. The summed E-state index contributed by atoms with van der Waals surface area (Å²) >= 11 is 0. The normalized spacial score (nSPS) is 11.1. The van der Waals surface area contributed by atoms with Crippen molar-refractivity contribution in [1.29, 1.82) is 0 Å². The highest BCUT2D eigenvalue weighted by molar-refractivity contribution is 5.91. The van der Waals surface area contributed by atoms with E-state index in [1.807, 2.05) is 0 Å². The van der Waals surface area contributed by atoms with Gasteiger partial charge in [0, 0.05) is 0 Å². The van der Waals surface area contributed by atoms with Crippen LogP contribution in [-0.2, 0) is 14.2 Å². The second-order valence-corrected chi connectivity index (χ2v) is 7.05. The predicted octanol–water partition coefficient (Wildman–Crippen LogP) is 3.94. The number of ether oxygens (including phenoxy) is 5. The summed E-state index contributed by atoms with van der Waals surface area (Å²) in [4.78, 5) is 37.3. The molecule has 34 heavy (non-hydrogen) atoms. The van der Waals surface area contributed by atoms with Gasteiger partial charge >= 0.3 is 17.9 Å². The van der Waals surface area contributed by atoms with Crippen molar-refractivity contribution < 1.29 is 38.1 Å². The molecule has 0 saturated carbocycles. The zero-order valence-corrected chi connectivity index (χ0v) is 18.8. The molecule has 3 aromatic rings. The van der Waals surface area contributed by atoms with Gasteiger partial charge in [-0.2, -0.15) is 0 Å². The fraction of sp³-hybridized carbons (Fsp3) is 0.192.